The second-order valence-corrected chi connectivity index (χ2v) is 5.97. The monoisotopic (exact) mass is 321 g/mol. The van der Waals surface area contributed by atoms with Gasteiger partial charge in [-0.1, -0.05) is 6.08 Å². The van der Waals surface area contributed by atoms with E-state index in [0.29, 0.717) is 17.8 Å². The molecule has 0 fully saturated rings. The van der Waals surface area contributed by atoms with E-state index in [-0.39, 0.29) is 5.75 Å². The first kappa shape index (κ1) is 15.8. The van der Waals surface area contributed by atoms with E-state index in [1.165, 1.54) is 17.2 Å². The molecule has 2 nitrogen and oxygen atoms in total. The molecule has 0 saturated carbocycles. The van der Waals surface area contributed by atoms with Crippen LogP contribution in [0.4, 0.5) is 13.2 Å². The second-order valence-electron chi connectivity index (χ2n) is 5.97. The van der Waals surface area contributed by atoms with Crippen molar-refractivity contribution in [3.8, 4) is 5.75 Å². The predicted molar refractivity (Wildman–Crippen MR) is 83.8 cm³/mol. The Morgan fingerprint density at radius 1 is 1.09 bits per heavy atom. The molecule has 0 bridgehead atoms. The van der Waals surface area contributed by atoms with Gasteiger partial charge in [-0.25, -0.2) is 0 Å². The molecule has 23 heavy (non-hydrogen) atoms. The van der Waals surface area contributed by atoms with Crippen LogP contribution in [0.1, 0.15) is 43.7 Å². The zero-order valence-corrected chi connectivity index (χ0v) is 12.9. The highest BCUT2D eigenvalue weighted by molar-refractivity contribution is 6.15. The van der Waals surface area contributed by atoms with Crippen molar-refractivity contribution < 1.29 is 18.3 Å². The minimum Gasteiger partial charge on any atom is -0.507 e. The van der Waals surface area contributed by atoms with Crippen molar-refractivity contribution in [2.75, 3.05) is 6.54 Å². The molecule has 0 aromatic heterocycles. The van der Waals surface area contributed by atoms with Crippen LogP contribution in [0, 0.1) is 0 Å². The average Bonchev–Trinajstić information content (AvgIpc) is 2.66. The maximum absolute atomic E-state index is 12.8. The molecule has 1 heterocycles. The van der Waals surface area contributed by atoms with Gasteiger partial charge in [0.05, 0.1) is 17.8 Å². The van der Waals surface area contributed by atoms with Gasteiger partial charge < -0.3 is 5.11 Å². The van der Waals surface area contributed by atoms with Crippen LogP contribution in [0.2, 0.25) is 0 Å². The fourth-order valence-electron chi connectivity index (χ4n) is 3.25. The minimum absolute atomic E-state index is 0.365. The molecule has 1 aliphatic heterocycles. The van der Waals surface area contributed by atoms with E-state index in [9.17, 15) is 18.3 Å². The van der Waals surface area contributed by atoms with Crippen LogP contribution in [-0.2, 0) is 6.18 Å². The Morgan fingerprint density at radius 2 is 1.78 bits per heavy atom. The number of allylic oxidation sites excluding steroid dienone is 3. The Bertz CT molecular complexity index is 726. The third kappa shape index (κ3) is 3.05. The number of phenols is 1. The molecule has 1 aromatic carbocycles. The van der Waals surface area contributed by atoms with E-state index >= 15 is 0 Å². The van der Waals surface area contributed by atoms with Crippen LogP contribution in [0.3, 0.4) is 0 Å². The van der Waals surface area contributed by atoms with Gasteiger partial charge in [0, 0.05) is 5.56 Å². The fourth-order valence-corrected chi connectivity index (χ4v) is 3.25. The summed E-state index contributed by atoms with van der Waals surface area (Å²) >= 11 is 0. The first-order chi connectivity index (χ1) is 10.9. The maximum Gasteiger partial charge on any atom is 0.416 e. The molecule has 5 heteroatoms. The van der Waals surface area contributed by atoms with Gasteiger partial charge in [-0.15, -0.1) is 0 Å². The molecule has 0 amide bonds. The molecule has 3 rings (SSSR count). The summed E-state index contributed by atoms with van der Waals surface area (Å²) < 4.78 is 38.3. The first-order valence-corrected chi connectivity index (χ1v) is 7.72. The van der Waals surface area contributed by atoms with Crippen LogP contribution in [-0.4, -0.2) is 17.4 Å². The van der Waals surface area contributed by atoms with Gasteiger partial charge >= 0.3 is 6.18 Å². The lowest BCUT2D eigenvalue weighted by atomic mass is 9.83. The van der Waals surface area contributed by atoms with E-state index in [1.54, 1.807) is 0 Å². The number of hydrogen-bond acceptors (Lipinski definition) is 2. The second kappa shape index (κ2) is 5.87. The molecule has 0 saturated heterocycles. The lowest BCUT2D eigenvalue weighted by Crippen LogP contribution is -2.13. The minimum atomic E-state index is -4.46. The third-order valence-corrected chi connectivity index (χ3v) is 4.46. The smallest absolute Gasteiger partial charge is 0.416 e. The number of rotatable bonds is 1. The maximum atomic E-state index is 12.8. The average molecular weight is 321 g/mol. The van der Waals surface area contributed by atoms with Gasteiger partial charge in [0.15, 0.2) is 0 Å². The summed E-state index contributed by atoms with van der Waals surface area (Å²) in [7, 11) is 0. The van der Waals surface area contributed by atoms with Crippen molar-refractivity contribution in [1.29, 1.82) is 0 Å². The molecule has 2 aliphatic rings. The SMILES string of the molecule is CC1=CCN=C(c2ccc(C(F)(F)F)cc2O)C2=C1CCCC2. The molecule has 0 atom stereocenters. The normalized spacial score (nSPS) is 19.0. The summed E-state index contributed by atoms with van der Waals surface area (Å²) in [5, 5.41) is 10.1. The Hall–Kier alpha value is -2.04. The summed E-state index contributed by atoms with van der Waals surface area (Å²) in [6.45, 7) is 2.53. The zero-order chi connectivity index (χ0) is 16.6. The first-order valence-electron chi connectivity index (χ1n) is 7.72. The molecule has 0 radical (unpaired) electrons. The highest BCUT2D eigenvalue weighted by atomic mass is 19.4. The lowest BCUT2D eigenvalue weighted by molar-refractivity contribution is -0.137. The zero-order valence-electron chi connectivity index (χ0n) is 12.9. The highest BCUT2D eigenvalue weighted by Crippen LogP contribution is 2.37. The Morgan fingerprint density at radius 3 is 2.43 bits per heavy atom. The number of benzene rings is 1. The molecule has 0 unspecified atom stereocenters. The number of alkyl halides is 3. The molecule has 122 valence electrons. The quantitative estimate of drug-likeness (QED) is 0.773. The standard InChI is InChI=1S/C18H18F3NO/c1-11-8-9-22-17(14-5-3-2-4-13(11)14)15-7-6-12(10-16(15)23)18(19,20)21/h6-8,10,23H,2-5,9H2,1H3. The van der Waals surface area contributed by atoms with E-state index in [1.807, 2.05) is 13.0 Å². The summed E-state index contributed by atoms with van der Waals surface area (Å²) in [6, 6.07) is 3.12. The van der Waals surface area contributed by atoms with Crippen LogP contribution in [0.5, 0.6) is 5.75 Å². The van der Waals surface area contributed by atoms with E-state index in [2.05, 4.69) is 4.99 Å². The predicted octanol–water partition coefficient (Wildman–Crippen LogP) is 5.03. The summed E-state index contributed by atoms with van der Waals surface area (Å²) in [4.78, 5) is 4.52. The van der Waals surface area contributed by atoms with Crippen molar-refractivity contribution in [1.82, 2.24) is 0 Å². The fraction of sp³-hybridized carbons (Fsp3) is 0.389. The summed E-state index contributed by atoms with van der Waals surface area (Å²) in [5.41, 5.74) is 3.66. The number of phenolic OH excluding ortho intramolecular Hbond substituents is 1. The van der Waals surface area contributed by atoms with E-state index < -0.39 is 11.7 Å². The third-order valence-electron chi connectivity index (χ3n) is 4.46. The topological polar surface area (TPSA) is 32.6 Å². The summed E-state index contributed by atoms with van der Waals surface area (Å²) in [6.07, 6.45) is 1.52. The number of nitrogens with zero attached hydrogens (tertiary/aromatic N) is 1. The molecule has 1 aromatic rings. The molecule has 0 spiro atoms. The van der Waals surface area contributed by atoms with Gasteiger partial charge in [-0.05, 0) is 67.5 Å². The van der Waals surface area contributed by atoms with Crippen LogP contribution in [0.25, 0.3) is 0 Å². The number of aromatic hydroxyl groups is 1. The number of hydrogen-bond donors (Lipinski definition) is 1. The van der Waals surface area contributed by atoms with Crippen molar-refractivity contribution in [3.63, 3.8) is 0 Å². The van der Waals surface area contributed by atoms with Crippen LogP contribution in [0.15, 0.2) is 46.0 Å². The van der Waals surface area contributed by atoms with Crippen molar-refractivity contribution in [2.45, 2.75) is 38.8 Å². The Kier molecular flexibility index (Phi) is 4.04. The van der Waals surface area contributed by atoms with Crippen LogP contribution < -0.4 is 0 Å². The van der Waals surface area contributed by atoms with Crippen molar-refractivity contribution in [3.05, 3.63) is 52.1 Å². The Balaban J connectivity index is 2.08. The molecule has 1 N–H and O–H groups in total. The van der Waals surface area contributed by atoms with Gasteiger partial charge in [-0.3, -0.25) is 4.99 Å². The summed E-state index contributed by atoms with van der Waals surface area (Å²) in [5.74, 6) is -0.365. The van der Waals surface area contributed by atoms with Gasteiger partial charge in [0.1, 0.15) is 5.75 Å². The largest absolute Gasteiger partial charge is 0.507 e. The van der Waals surface area contributed by atoms with E-state index in [0.717, 1.165) is 43.4 Å². The van der Waals surface area contributed by atoms with Gasteiger partial charge in [-0.2, -0.15) is 13.2 Å². The Labute approximate surface area is 133 Å². The number of halogens is 3. The van der Waals surface area contributed by atoms with E-state index in [4.69, 9.17) is 0 Å². The molecule has 1 aliphatic carbocycles. The molecular weight excluding hydrogens is 303 g/mol. The molecular formula is C18H18F3NO. The van der Waals surface area contributed by atoms with Gasteiger partial charge in [0.25, 0.3) is 0 Å². The van der Waals surface area contributed by atoms with Crippen molar-refractivity contribution >= 4 is 5.71 Å². The highest BCUT2D eigenvalue weighted by Gasteiger charge is 2.32. The van der Waals surface area contributed by atoms with Gasteiger partial charge in [0.2, 0.25) is 0 Å². The lowest BCUT2D eigenvalue weighted by Gasteiger charge is -2.22. The van der Waals surface area contributed by atoms with Crippen LogP contribution >= 0.6 is 0 Å². The van der Waals surface area contributed by atoms with Crippen molar-refractivity contribution in [2.24, 2.45) is 4.99 Å². The number of aliphatic imine (C=N–C) groups is 1.